The maximum atomic E-state index is 5.81. The summed E-state index contributed by atoms with van der Waals surface area (Å²) < 4.78 is 5.81. The van der Waals surface area contributed by atoms with Crippen molar-refractivity contribution < 1.29 is 4.74 Å². The molecule has 21 heavy (non-hydrogen) atoms. The Bertz CT molecular complexity index is 526. The third kappa shape index (κ3) is 4.08. The van der Waals surface area contributed by atoms with Crippen molar-refractivity contribution in [1.82, 2.24) is 4.90 Å². The molecule has 2 nitrogen and oxygen atoms in total. The zero-order valence-corrected chi connectivity index (χ0v) is 12.4. The molecule has 1 heterocycles. The van der Waals surface area contributed by atoms with Crippen LogP contribution in [0.4, 0.5) is 0 Å². The molecule has 0 amide bonds. The van der Waals surface area contributed by atoms with Gasteiger partial charge in [0.1, 0.15) is 12.4 Å². The van der Waals surface area contributed by atoms with Crippen LogP contribution in [-0.4, -0.2) is 31.1 Å². The van der Waals surface area contributed by atoms with Crippen molar-refractivity contribution in [2.24, 2.45) is 0 Å². The molecule has 0 aliphatic carbocycles. The maximum Gasteiger partial charge on any atom is 0.119 e. The number of hydrogen-bond acceptors (Lipinski definition) is 2. The van der Waals surface area contributed by atoms with E-state index < -0.39 is 0 Å². The largest absolute Gasteiger partial charge is 0.492 e. The molecule has 2 aromatic carbocycles. The van der Waals surface area contributed by atoms with Gasteiger partial charge in [-0.25, -0.2) is 0 Å². The van der Waals surface area contributed by atoms with E-state index in [4.69, 9.17) is 4.74 Å². The van der Waals surface area contributed by atoms with Gasteiger partial charge in [-0.2, -0.15) is 0 Å². The molecule has 1 saturated heterocycles. The molecular formula is C19H23NO. The van der Waals surface area contributed by atoms with Crippen LogP contribution in [0.2, 0.25) is 0 Å². The quantitative estimate of drug-likeness (QED) is 0.823. The Labute approximate surface area is 127 Å². The van der Waals surface area contributed by atoms with Crippen LogP contribution < -0.4 is 4.74 Å². The van der Waals surface area contributed by atoms with E-state index in [0.717, 1.165) is 25.4 Å². The number of ether oxygens (including phenoxy) is 1. The smallest absolute Gasteiger partial charge is 0.119 e. The predicted octanol–water partition coefficient (Wildman–Crippen LogP) is 3.95. The first kappa shape index (κ1) is 14.2. The van der Waals surface area contributed by atoms with Crippen molar-refractivity contribution in [3.8, 4) is 5.75 Å². The van der Waals surface area contributed by atoms with Gasteiger partial charge in [0.05, 0.1) is 0 Å². The topological polar surface area (TPSA) is 12.5 Å². The van der Waals surface area contributed by atoms with Crippen molar-refractivity contribution >= 4 is 0 Å². The van der Waals surface area contributed by atoms with Crippen LogP contribution in [0.3, 0.4) is 0 Å². The van der Waals surface area contributed by atoms with Crippen molar-refractivity contribution in [3.05, 3.63) is 66.2 Å². The van der Waals surface area contributed by atoms with E-state index in [-0.39, 0.29) is 0 Å². The van der Waals surface area contributed by atoms with Gasteiger partial charge in [-0.05, 0) is 43.0 Å². The first-order valence-electron chi connectivity index (χ1n) is 7.87. The molecule has 3 rings (SSSR count). The van der Waals surface area contributed by atoms with Gasteiger partial charge in [-0.3, -0.25) is 4.90 Å². The molecule has 0 bridgehead atoms. The lowest BCUT2D eigenvalue weighted by Gasteiger charge is -2.32. The lowest BCUT2D eigenvalue weighted by Crippen LogP contribution is -2.37. The number of piperidine rings is 1. The lowest BCUT2D eigenvalue weighted by atomic mass is 9.91. The highest BCUT2D eigenvalue weighted by molar-refractivity contribution is 5.21. The fourth-order valence-electron chi connectivity index (χ4n) is 3.07. The zero-order chi connectivity index (χ0) is 14.3. The van der Waals surface area contributed by atoms with Crippen molar-refractivity contribution in [2.75, 3.05) is 26.2 Å². The highest BCUT2D eigenvalue weighted by Crippen LogP contribution is 2.26. The van der Waals surface area contributed by atoms with Crippen LogP contribution in [0.5, 0.6) is 5.75 Å². The lowest BCUT2D eigenvalue weighted by molar-refractivity contribution is 0.170. The SMILES string of the molecule is c1ccc(OCCN2CCCC(c3ccccc3)C2)cc1. The molecule has 1 fully saturated rings. The molecule has 1 aliphatic heterocycles. The molecule has 1 aliphatic rings. The van der Waals surface area contributed by atoms with Crippen molar-refractivity contribution in [3.63, 3.8) is 0 Å². The molecule has 1 atom stereocenters. The van der Waals surface area contributed by atoms with Gasteiger partial charge >= 0.3 is 0 Å². The monoisotopic (exact) mass is 281 g/mol. The number of nitrogens with zero attached hydrogens (tertiary/aromatic N) is 1. The molecule has 2 heteroatoms. The second-order valence-electron chi connectivity index (χ2n) is 5.71. The van der Waals surface area contributed by atoms with Gasteiger partial charge in [0.25, 0.3) is 0 Å². The van der Waals surface area contributed by atoms with E-state index in [1.807, 2.05) is 30.3 Å². The molecule has 110 valence electrons. The molecule has 1 unspecified atom stereocenters. The fourth-order valence-corrected chi connectivity index (χ4v) is 3.07. The fraction of sp³-hybridized carbons (Fsp3) is 0.368. The summed E-state index contributed by atoms with van der Waals surface area (Å²) in [4.78, 5) is 2.53. The first-order valence-corrected chi connectivity index (χ1v) is 7.87. The normalized spacial score (nSPS) is 19.3. The van der Waals surface area contributed by atoms with Crippen LogP contribution in [0.15, 0.2) is 60.7 Å². The third-order valence-corrected chi connectivity index (χ3v) is 4.20. The Morgan fingerprint density at radius 1 is 0.952 bits per heavy atom. The van der Waals surface area contributed by atoms with Crippen LogP contribution in [0.1, 0.15) is 24.3 Å². The number of benzene rings is 2. The van der Waals surface area contributed by atoms with Gasteiger partial charge in [-0.15, -0.1) is 0 Å². The van der Waals surface area contributed by atoms with Crippen LogP contribution in [-0.2, 0) is 0 Å². The van der Waals surface area contributed by atoms with Gasteiger partial charge in [0, 0.05) is 13.1 Å². The van der Waals surface area contributed by atoms with Crippen molar-refractivity contribution in [2.45, 2.75) is 18.8 Å². The van der Waals surface area contributed by atoms with Gasteiger partial charge < -0.3 is 4.74 Å². The first-order chi connectivity index (χ1) is 10.4. The van der Waals surface area contributed by atoms with E-state index in [1.54, 1.807) is 0 Å². The summed E-state index contributed by atoms with van der Waals surface area (Å²) in [7, 11) is 0. The van der Waals surface area contributed by atoms with E-state index in [0.29, 0.717) is 5.92 Å². The minimum Gasteiger partial charge on any atom is -0.492 e. The van der Waals surface area contributed by atoms with Crippen molar-refractivity contribution in [1.29, 1.82) is 0 Å². The average Bonchev–Trinajstić information content (AvgIpc) is 2.57. The highest BCUT2D eigenvalue weighted by Gasteiger charge is 2.20. The predicted molar refractivity (Wildman–Crippen MR) is 86.8 cm³/mol. The van der Waals surface area contributed by atoms with E-state index >= 15 is 0 Å². The zero-order valence-electron chi connectivity index (χ0n) is 12.4. The summed E-state index contributed by atoms with van der Waals surface area (Å²) >= 11 is 0. The van der Waals surface area contributed by atoms with Crippen LogP contribution >= 0.6 is 0 Å². The number of hydrogen-bond donors (Lipinski definition) is 0. The Balaban J connectivity index is 1.48. The standard InChI is InChI=1S/C19H23NO/c1-3-8-17(9-4-1)18-10-7-13-20(16-18)14-15-21-19-11-5-2-6-12-19/h1-6,8-9,11-12,18H,7,10,13-16H2. The summed E-state index contributed by atoms with van der Waals surface area (Å²) in [5, 5.41) is 0. The Kier molecular flexibility index (Phi) is 4.90. The van der Waals surface area contributed by atoms with E-state index in [9.17, 15) is 0 Å². The summed E-state index contributed by atoms with van der Waals surface area (Å²) in [6.45, 7) is 4.13. The molecule has 0 radical (unpaired) electrons. The van der Waals surface area contributed by atoms with Gasteiger partial charge in [0.2, 0.25) is 0 Å². The second kappa shape index (κ2) is 7.28. The Hall–Kier alpha value is -1.80. The van der Waals surface area contributed by atoms with Crippen LogP contribution in [0.25, 0.3) is 0 Å². The van der Waals surface area contributed by atoms with Crippen LogP contribution in [0, 0.1) is 0 Å². The maximum absolute atomic E-state index is 5.81. The summed E-state index contributed by atoms with van der Waals surface area (Å²) in [5.41, 5.74) is 1.48. The molecule has 0 saturated carbocycles. The molecular weight excluding hydrogens is 258 g/mol. The highest BCUT2D eigenvalue weighted by atomic mass is 16.5. The minimum atomic E-state index is 0.677. The van der Waals surface area contributed by atoms with Gasteiger partial charge in [0.15, 0.2) is 0 Å². The summed E-state index contributed by atoms with van der Waals surface area (Å²) in [6, 6.07) is 21.0. The average molecular weight is 281 g/mol. The second-order valence-corrected chi connectivity index (χ2v) is 5.71. The van der Waals surface area contributed by atoms with E-state index in [2.05, 4.69) is 35.2 Å². The van der Waals surface area contributed by atoms with E-state index in [1.165, 1.54) is 24.9 Å². The summed E-state index contributed by atoms with van der Waals surface area (Å²) in [6.07, 6.45) is 2.59. The molecule has 2 aromatic rings. The minimum absolute atomic E-state index is 0.677. The molecule has 0 N–H and O–H groups in total. The Morgan fingerprint density at radius 2 is 1.67 bits per heavy atom. The number of rotatable bonds is 5. The molecule has 0 aromatic heterocycles. The van der Waals surface area contributed by atoms with Gasteiger partial charge in [-0.1, -0.05) is 48.5 Å². The number of likely N-dealkylation sites (tertiary alicyclic amines) is 1. The summed E-state index contributed by atoms with van der Waals surface area (Å²) in [5.74, 6) is 1.64. The number of para-hydroxylation sites is 1. The molecule has 0 spiro atoms. The third-order valence-electron chi connectivity index (χ3n) is 4.20. The Morgan fingerprint density at radius 3 is 2.43 bits per heavy atom.